The lowest BCUT2D eigenvalue weighted by atomic mass is 10.1. The SMILES string of the molecule is Cc1ccc(CNc2ccc(C(=O)NCc3noc(C(C)C)n3)cn2)cc1. The third-order valence-corrected chi connectivity index (χ3v) is 4.00. The second kappa shape index (κ2) is 8.44. The predicted molar refractivity (Wildman–Crippen MR) is 102 cm³/mol. The second-order valence-corrected chi connectivity index (χ2v) is 6.66. The Morgan fingerprint density at radius 2 is 1.89 bits per heavy atom. The molecule has 0 aliphatic carbocycles. The van der Waals surface area contributed by atoms with E-state index in [2.05, 4.69) is 56.9 Å². The number of pyridine rings is 1. The Morgan fingerprint density at radius 3 is 2.52 bits per heavy atom. The van der Waals surface area contributed by atoms with Gasteiger partial charge in [-0.1, -0.05) is 48.8 Å². The zero-order valence-corrected chi connectivity index (χ0v) is 15.7. The van der Waals surface area contributed by atoms with Gasteiger partial charge in [-0.2, -0.15) is 4.98 Å². The smallest absolute Gasteiger partial charge is 0.253 e. The molecule has 3 rings (SSSR count). The average molecular weight is 365 g/mol. The van der Waals surface area contributed by atoms with Gasteiger partial charge in [-0.15, -0.1) is 0 Å². The number of hydrogen-bond donors (Lipinski definition) is 2. The monoisotopic (exact) mass is 365 g/mol. The Kier molecular flexibility index (Phi) is 5.80. The van der Waals surface area contributed by atoms with Gasteiger partial charge in [0.1, 0.15) is 5.82 Å². The maximum absolute atomic E-state index is 12.2. The van der Waals surface area contributed by atoms with Gasteiger partial charge in [0.15, 0.2) is 5.82 Å². The molecule has 0 radical (unpaired) electrons. The number of nitrogens with zero attached hydrogens (tertiary/aromatic N) is 3. The summed E-state index contributed by atoms with van der Waals surface area (Å²) in [4.78, 5) is 20.7. The quantitative estimate of drug-likeness (QED) is 0.666. The molecule has 2 heterocycles. The Labute approximate surface area is 158 Å². The van der Waals surface area contributed by atoms with Crippen LogP contribution in [0.3, 0.4) is 0 Å². The van der Waals surface area contributed by atoms with Crippen molar-refractivity contribution in [3.05, 3.63) is 71.0 Å². The summed E-state index contributed by atoms with van der Waals surface area (Å²) < 4.78 is 5.12. The van der Waals surface area contributed by atoms with Crippen molar-refractivity contribution in [3.8, 4) is 0 Å². The topological polar surface area (TPSA) is 92.9 Å². The van der Waals surface area contributed by atoms with Crippen LogP contribution in [0.5, 0.6) is 0 Å². The molecule has 2 N–H and O–H groups in total. The first-order valence-corrected chi connectivity index (χ1v) is 8.87. The Hall–Kier alpha value is -3.22. The number of anilines is 1. The zero-order valence-electron chi connectivity index (χ0n) is 15.7. The Morgan fingerprint density at radius 1 is 1.11 bits per heavy atom. The minimum atomic E-state index is -0.233. The molecule has 140 valence electrons. The highest BCUT2D eigenvalue weighted by Crippen LogP contribution is 2.11. The highest BCUT2D eigenvalue weighted by molar-refractivity contribution is 5.93. The summed E-state index contributed by atoms with van der Waals surface area (Å²) in [6, 6.07) is 11.8. The van der Waals surface area contributed by atoms with Crippen molar-refractivity contribution in [2.75, 3.05) is 5.32 Å². The average Bonchev–Trinajstić information content (AvgIpc) is 3.15. The Balaban J connectivity index is 1.51. The lowest BCUT2D eigenvalue weighted by Gasteiger charge is -2.07. The number of amides is 1. The largest absolute Gasteiger partial charge is 0.366 e. The van der Waals surface area contributed by atoms with Crippen molar-refractivity contribution in [1.29, 1.82) is 0 Å². The van der Waals surface area contributed by atoms with Crippen molar-refractivity contribution in [3.63, 3.8) is 0 Å². The molecule has 0 saturated carbocycles. The summed E-state index contributed by atoms with van der Waals surface area (Å²) in [6.07, 6.45) is 1.54. The van der Waals surface area contributed by atoms with E-state index in [-0.39, 0.29) is 18.4 Å². The molecule has 0 aliphatic heterocycles. The van der Waals surface area contributed by atoms with E-state index in [0.717, 1.165) is 0 Å². The lowest BCUT2D eigenvalue weighted by molar-refractivity contribution is 0.0949. The first-order chi connectivity index (χ1) is 13.0. The minimum Gasteiger partial charge on any atom is -0.366 e. The normalized spacial score (nSPS) is 10.8. The van der Waals surface area contributed by atoms with Crippen LogP contribution in [0.1, 0.15) is 53.0 Å². The molecule has 27 heavy (non-hydrogen) atoms. The van der Waals surface area contributed by atoms with Crippen LogP contribution in [0.25, 0.3) is 0 Å². The van der Waals surface area contributed by atoms with E-state index in [4.69, 9.17) is 4.52 Å². The van der Waals surface area contributed by atoms with E-state index in [1.165, 1.54) is 11.1 Å². The van der Waals surface area contributed by atoms with Gasteiger partial charge in [-0.05, 0) is 24.6 Å². The van der Waals surface area contributed by atoms with Gasteiger partial charge in [-0.3, -0.25) is 4.79 Å². The molecule has 0 bridgehead atoms. The van der Waals surface area contributed by atoms with Crippen LogP contribution < -0.4 is 10.6 Å². The molecule has 0 fully saturated rings. The van der Waals surface area contributed by atoms with Gasteiger partial charge in [0.2, 0.25) is 5.89 Å². The third-order valence-electron chi connectivity index (χ3n) is 4.00. The van der Waals surface area contributed by atoms with Gasteiger partial charge in [0.05, 0.1) is 12.1 Å². The maximum Gasteiger partial charge on any atom is 0.253 e. The number of carbonyl (C=O) groups excluding carboxylic acids is 1. The van der Waals surface area contributed by atoms with Crippen molar-refractivity contribution in [2.24, 2.45) is 0 Å². The van der Waals surface area contributed by atoms with Gasteiger partial charge >= 0.3 is 0 Å². The number of benzene rings is 1. The first-order valence-electron chi connectivity index (χ1n) is 8.87. The number of aromatic nitrogens is 3. The van der Waals surface area contributed by atoms with Crippen LogP contribution in [0.2, 0.25) is 0 Å². The molecule has 7 heteroatoms. The van der Waals surface area contributed by atoms with Crippen LogP contribution in [0.4, 0.5) is 5.82 Å². The highest BCUT2D eigenvalue weighted by Gasteiger charge is 2.12. The van der Waals surface area contributed by atoms with Crippen LogP contribution >= 0.6 is 0 Å². The van der Waals surface area contributed by atoms with Gasteiger partial charge in [0.25, 0.3) is 5.91 Å². The second-order valence-electron chi connectivity index (χ2n) is 6.66. The number of nitrogens with one attached hydrogen (secondary N) is 2. The first kappa shape index (κ1) is 18.6. The van der Waals surface area contributed by atoms with Crippen LogP contribution in [-0.2, 0) is 13.1 Å². The van der Waals surface area contributed by atoms with Crippen molar-refractivity contribution < 1.29 is 9.32 Å². The van der Waals surface area contributed by atoms with Gasteiger partial charge in [0, 0.05) is 18.7 Å². The summed E-state index contributed by atoms with van der Waals surface area (Å²) in [5.74, 6) is 1.66. The van der Waals surface area contributed by atoms with Crippen LogP contribution in [0.15, 0.2) is 47.1 Å². The lowest BCUT2D eigenvalue weighted by Crippen LogP contribution is -2.23. The van der Waals surface area contributed by atoms with Crippen molar-refractivity contribution in [2.45, 2.75) is 39.8 Å². The summed E-state index contributed by atoms with van der Waals surface area (Å²) in [6.45, 7) is 6.88. The maximum atomic E-state index is 12.2. The number of aryl methyl sites for hydroxylation is 1. The third kappa shape index (κ3) is 5.13. The van der Waals surface area contributed by atoms with Crippen molar-refractivity contribution in [1.82, 2.24) is 20.4 Å². The summed E-state index contributed by atoms with van der Waals surface area (Å²) in [5.41, 5.74) is 2.88. The molecule has 0 spiro atoms. The molecule has 3 aromatic rings. The van der Waals surface area contributed by atoms with Crippen LogP contribution in [-0.4, -0.2) is 21.0 Å². The standard InChI is InChI=1S/C20H23N5O2/c1-13(2)20-24-18(25-27-20)12-23-19(26)16-8-9-17(22-11-16)21-10-15-6-4-14(3)5-7-15/h4-9,11,13H,10,12H2,1-3H3,(H,21,22)(H,23,26). The zero-order chi connectivity index (χ0) is 19.2. The molecular formula is C20H23N5O2. The highest BCUT2D eigenvalue weighted by atomic mass is 16.5. The number of hydrogen-bond acceptors (Lipinski definition) is 6. The van der Waals surface area contributed by atoms with Gasteiger partial charge < -0.3 is 15.2 Å². The molecule has 0 saturated heterocycles. The fourth-order valence-corrected chi connectivity index (χ4v) is 2.37. The summed E-state index contributed by atoms with van der Waals surface area (Å²) >= 11 is 0. The van der Waals surface area contributed by atoms with E-state index in [1.54, 1.807) is 18.3 Å². The van der Waals surface area contributed by atoms with E-state index < -0.39 is 0 Å². The molecule has 0 atom stereocenters. The molecule has 2 aromatic heterocycles. The summed E-state index contributed by atoms with van der Waals surface area (Å²) in [5, 5.41) is 9.86. The number of rotatable bonds is 7. The molecule has 0 unspecified atom stereocenters. The molecular weight excluding hydrogens is 342 g/mol. The van der Waals surface area contributed by atoms with Gasteiger partial charge in [-0.25, -0.2) is 4.98 Å². The fourth-order valence-electron chi connectivity index (χ4n) is 2.37. The molecule has 1 aromatic carbocycles. The van der Waals surface area contributed by atoms with E-state index in [0.29, 0.717) is 29.6 Å². The molecule has 1 amide bonds. The van der Waals surface area contributed by atoms with Crippen LogP contribution in [0, 0.1) is 6.92 Å². The van der Waals surface area contributed by atoms with Crippen molar-refractivity contribution >= 4 is 11.7 Å². The predicted octanol–water partition coefficient (Wildman–Crippen LogP) is 3.44. The molecule has 0 aliphatic rings. The van der Waals surface area contributed by atoms with E-state index in [9.17, 15) is 4.79 Å². The fraction of sp³-hybridized carbons (Fsp3) is 0.300. The Bertz CT molecular complexity index is 885. The minimum absolute atomic E-state index is 0.158. The summed E-state index contributed by atoms with van der Waals surface area (Å²) in [7, 11) is 0. The van der Waals surface area contributed by atoms with E-state index in [1.807, 2.05) is 13.8 Å². The molecule has 7 nitrogen and oxygen atoms in total. The number of carbonyl (C=O) groups is 1. The van der Waals surface area contributed by atoms with E-state index >= 15 is 0 Å².